The maximum Gasteiger partial charge on any atom is 0.229 e. The third-order valence-corrected chi connectivity index (χ3v) is 4.71. The first kappa shape index (κ1) is 16.7. The average molecular weight is 355 g/mol. The number of amides is 2. The van der Waals surface area contributed by atoms with Crippen LogP contribution < -0.4 is 10.2 Å². The summed E-state index contributed by atoms with van der Waals surface area (Å²) in [6.45, 7) is 1.30. The van der Waals surface area contributed by atoms with E-state index in [0.29, 0.717) is 18.9 Å². The van der Waals surface area contributed by atoms with E-state index in [4.69, 9.17) is 4.74 Å². The van der Waals surface area contributed by atoms with Crippen LogP contribution in [0.15, 0.2) is 36.5 Å². The summed E-state index contributed by atoms with van der Waals surface area (Å²) in [6.07, 6.45) is 2.44. The number of aromatic nitrogens is 1. The monoisotopic (exact) mass is 355 g/mol. The first-order valence-electron chi connectivity index (χ1n) is 8.53. The number of carbonyl (C=O) groups is 2. The molecule has 1 aromatic carbocycles. The second-order valence-corrected chi connectivity index (χ2v) is 6.48. The van der Waals surface area contributed by atoms with E-state index in [1.807, 2.05) is 6.07 Å². The molecule has 2 aromatic rings. The van der Waals surface area contributed by atoms with Crippen LogP contribution in [-0.2, 0) is 27.4 Å². The van der Waals surface area contributed by atoms with Gasteiger partial charge in [-0.05, 0) is 18.2 Å². The summed E-state index contributed by atoms with van der Waals surface area (Å²) in [4.78, 5) is 30.5. The number of rotatable bonds is 3. The molecule has 1 fully saturated rings. The van der Waals surface area contributed by atoms with Gasteiger partial charge in [-0.15, -0.1) is 0 Å². The lowest BCUT2D eigenvalue weighted by Crippen LogP contribution is -2.28. The second-order valence-electron chi connectivity index (χ2n) is 6.48. The number of halogens is 1. The van der Waals surface area contributed by atoms with Crippen LogP contribution in [0.3, 0.4) is 0 Å². The van der Waals surface area contributed by atoms with Crippen molar-refractivity contribution in [2.24, 2.45) is 5.92 Å². The molecule has 1 aromatic heterocycles. The Bertz CT molecular complexity index is 871. The molecular weight excluding hydrogens is 337 g/mol. The van der Waals surface area contributed by atoms with Crippen LogP contribution in [0.4, 0.5) is 15.8 Å². The Hall–Kier alpha value is -2.80. The fourth-order valence-corrected chi connectivity index (χ4v) is 3.34. The van der Waals surface area contributed by atoms with Crippen molar-refractivity contribution in [1.29, 1.82) is 0 Å². The smallest absolute Gasteiger partial charge is 0.229 e. The minimum absolute atomic E-state index is 0.0572. The molecule has 0 spiro atoms. The number of hydrogen-bond acceptors (Lipinski definition) is 4. The number of anilines is 2. The molecule has 2 aliphatic rings. The predicted molar refractivity (Wildman–Crippen MR) is 93.1 cm³/mol. The summed E-state index contributed by atoms with van der Waals surface area (Å²) in [5.74, 6) is -1.53. The van der Waals surface area contributed by atoms with Crippen molar-refractivity contribution in [3.8, 4) is 0 Å². The summed E-state index contributed by atoms with van der Waals surface area (Å²) >= 11 is 0. The minimum Gasteiger partial charge on any atom is -0.376 e. The number of fused-ring (bicyclic) bond motifs is 1. The zero-order valence-corrected chi connectivity index (χ0v) is 14.1. The SMILES string of the molecule is O=C(Nc1cnc2c(c1)COCC2)C1CC(=O)N(c2ccccc2F)C1. The Balaban J connectivity index is 1.46. The molecule has 1 N–H and O–H groups in total. The van der Waals surface area contributed by atoms with Crippen molar-refractivity contribution in [2.75, 3.05) is 23.4 Å². The molecule has 4 rings (SSSR count). The van der Waals surface area contributed by atoms with Crippen LogP contribution in [-0.4, -0.2) is 29.9 Å². The highest BCUT2D eigenvalue weighted by Gasteiger charge is 2.36. The third-order valence-electron chi connectivity index (χ3n) is 4.71. The molecule has 0 saturated carbocycles. The molecule has 134 valence electrons. The summed E-state index contributed by atoms with van der Waals surface area (Å²) in [5.41, 5.74) is 2.73. The van der Waals surface area contributed by atoms with Gasteiger partial charge in [-0.2, -0.15) is 0 Å². The van der Waals surface area contributed by atoms with Gasteiger partial charge in [0.25, 0.3) is 0 Å². The van der Waals surface area contributed by atoms with E-state index in [0.717, 1.165) is 17.7 Å². The maximum absolute atomic E-state index is 13.9. The molecule has 0 aliphatic carbocycles. The topological polar surface area (TPSA) is 71.5 Å². The van der Waals surface area contributed by atoms with Crippen LogP contribution in [0, 0.1) is 11.7 Å². The average Bonchev–Trinajstić information content (AvgIpc) is 3.04. The van der Waals surface area contributed by atoms with Gasteiger partial charge in [0.2, 0.25) is 11.8 Å². The molecule has 1 atom stereocenters. The molecule has 2 aliphatic heterocycles. The van der Waals surface area contributed by atoms with Gasteiger partial charge in [-0.1, -0.05) is 12.1 Å². The number of ether oxygens (including phenoxy) is 1. The summed E-state index contributed by atoms with van der Waals surface area (Å²) in [5, 5.41) is 2.81. The van der Waals surface area contributed by atoms with E-state index >= 15 is 0 Å². The van der Waals surface area contributed by atoms with Gasteiger partial charge < -0.3 is 15.0 Å². The summed E-state index contributed by atoms with van der Waals surface area (Å²) in [7, 11) is 0. The summed E-state index contributed by atoms with van der Waals surface area (Å²) < 4.78 is 19.3. The van der Waals surface area contributed by atoms with Gasteiger partial charge in [0.1, 0.15) is 5.82 Å². The van der Waals surface area contributed by atoms with Crippen molar-refractivity contribution in [1.82, 2.24) is 4.98 Å². The Labute approximate surface area is 150 Å². The number of carbonyl (C=O) groups excluding carboxylic acids is 2. The number of benzene rings is 1. The second kappa shape index (κ2) is 6.84. The Kier molecular flexibility index (Phi) is 4.38. The predicted octanol–water partition coefficient (Wildman–Crippen LogP) is 2.29. The standard InChI is InChI=1S/C19H18FN3O3/c20-15-3-1-2-4-17(15)23-10-12(8-18(23)24)19(25)22-14-7-13-11-26-6-5-16(13)21-9-14/h1-4,7,9,12H,5-6,8,10-11H2,(H,22,25). The molecule has 0 bridgehead atoms. The molecule has 2 amide bonds. The molecule has 0 radical (unpaired) electrons. The fraction of sp³-hybridized carbons (Fsp3) is 0.316. The van der Waals surface area contributed by atoms with E-state index in [1.165, 1.54) is 11.0 Å². The van der Waals surface area contributed by atoms with Crippen LogP contribution in [0.2, 0.25) is 0 Å². The quantitative estimate of drug-likeness (QED) is 0.917. The van der Waals surface area contributed by atoms with Crippen molar-refractivity contribution < 1.29 is 18.7 Å². The molecule has 1 unspecified atom stereocenters. The lowest BCUT2D eigenvalue weighted by Gasteiger charge is -2.18. The Morgan fingerprint density at radius 2 is 2.19 bits per heavy atom. The largest absolute Gasteiger partial charge is 0.376 e. The van der Waals surface area contributed by atoms with Gasteiger partial charge in [0.15, 0.2) is 0 Å². The molecule has 26 heavy (non-hydrogen) atoms. The first-order valence-corrected chi connectivity index (χ1v) is 8.53. The van der Waals surface area contributed by atoms with Crippen LogP contribution in [0.25, 0.3) is 0 Å². The molecule has 1 saturated heterocycles. The van der Waals surface area contributed by atoms with Gasteiger partial charge in [-0.3, -0.25) is 14.6 Å². The minimum atomic E-state index is -0.533. The normalized spacial score (nSPS) is 19.3. The summed E-state index contributed by atoms with van der Waals surface area (Å²) in [6, 6.07) is 7.93. The van der Waals surface area contributed by atoms with E-state index in [9.17, 15) is 14.0 Å². The lowest BCUT2D eigenvalue weighted by molar-refractivity contribution is -0.122. The number of nitrogens with one attached hydrogen (secondary N) is 1. The first-order chi connectivity index (χ1) is 12.6. The van der Waals surface area contributed by atoms with E-state index in [-0.39, 0.29) is 30.5 Å². The highest BCUT2D eigenvalue weighted by Crippen LogP contribution is 2.28. The number of pyridine rings is 1. The number of nitrogens with zero attached hydrogens (tertiary/aromatic N) is 2. The Morgan fingerprint density at radius 1 is 1.35 bits per heavy atom. The maximum atomic E-state index is 13.9. The van der Waals surface area contributed by atoms with Gasteiger partial charge in [0.05, 0.1) is 36.7 Å². The van der Waals surface area contributed by atoms with Crippen LogP contribution >= 0.6 is 0 Å². The van der Waals surface area contributed by atoms with Crippen molar-refractivity contribution in [3.63, 3.8) is 0 Å². The van der Waals surface area contributed by atoms with Crippen molar-refractivity contribution in [3.05, 3.63) is 53.6 Å². The van der Waals surface area contributed by atoms with E-state index < -0.39 is 11.7 Å². The van der Waals surface area contributed by atoms with Gasteiger partial charge >= 0.3 is 0 Å². The van der Waals surface area contributed by atoms with Crippen LogP contribution in [0.5, 0.6) is 0 Å². The highest BCUT2D eigenvalue weighted by atomic mass is 19.1. The van der Waals surface area contributed by atoms with E-state index in [2.05, 4.69) is 10.3 Å². The number of para-hydroxylation sites is 1. The zero-order chi connectivity index (χ0) is 18.1. The molecule has 7 heteroatoms. The highest BCUT2D eigenvalue weighted by molar-refractivity contribution is 6.03. The molecular formula is C19H18FN3O3. The Morgan fingerprint density at radius 3 is 3.04 bits per heavy atom. The fourth-order valence-electron chi connectivity index (χ4n) is 3.34. The van der Waals surface area contributed by atoms with Crippen LogP contribution in [0.1, 0.15) is 17.7 Å². The molecule has 3 heterocycles. The third kappa shape index (κ3) is 3.17. The van der Waals surface area contributed by atoms with E-state index in [1.54, 1.807) is 24.4 Å². The zero-order valence-electron chi connectivity index (χ0n) is 14.1. The lowest BCUT2D eigenvalue weighted by atomic mass is 10.1. The van der Waals surface area contributed by atoms with Gasteiger partial charge in [-0.25, -0.2) is 4.39 Å². The molecule has 6 nitrogen and oxygen atoms in total. The van der Waals surface area contributed by atoms with Crippen molar-refractivity contribution >= 4 is 23.2 Å². The number of hydrogen-bond donors (Lipinski definition) is 1. The van der Waals surface area contributed by atoms with Crippen molar-refractivity contribution in [2.45, 2.75) is 19.4 Å². The van der Waals surface area contributed by atoms with Gasteiger partial charge in [0, 0.05) is 30.6 Å².